The van der Waals surface area contributed by atoms with E-state index in [9.17, 15) is 19.2 Å². The van der Waals surface area contributed by atoms with Gasteiger partial charge < -0.3 is 30.2 Å². The normalized spacial score (nSPS) is 17.1. The Morgan fingerprint density at radius 2 is 1.64 bits per heavy atom. The van der Waals surface area contributed by atoms with E-state index < -0.39 is 29.2 Å². The van der Waals surface area contributed by atoms with Gasteiger partial charge in [-0.3, -0.25) is 14.4 Å². The molecular weight excluding hydrogens is 596 g/mol. The molecule has 0 radical (unpaired) electrons. The van der Waals surface area contributed by atoms with Gasteiger partial charge in [0.2, 0.25) is 17.7 Å². The highest BCUT2D eigenvalue weighted by atomic mass is 16.6. The molecule has 4 amide bonds. The molecule has 1 unspecified atom stereocenters. The van der Waals surface area contributed by atoms with Crippen molar-refractivity contribution < 1.29 is 23.9 Å². The quantitative estimate of drug-likeness (QED) is 0.252. The summed E-state index contributed by atoms with van der Waals surface area (Å²) in [6.07, 6.45) is 12.3. The first kappa shape index (κ1) is 36.0. The van der Waals surface area contributed by atoms with Crippen molar-refractivity contribution in [1.29, 1.82) is 0 Å². The second-order valence-corrected chi connectivity index (χ2v) is 14.6. The Balaban J connectivity index is 1.36. The van der Waals surface area contributed by atoms with E-state index in [4.69, 9.17) is 4.74 Å². The van der Waals surface area contributed by atoms with Crippen LogP contribution in [0.5, 0.6) is 0 Å². The molecule has 0 spiro atoms. The fourth-order valence-electron chi connectivity index (χ4n) is 6.46. The number of likely N-dealkylation sites (tertiary alicyclic amines) is 1. The van der Waals surface area contributed by atoms with Crippen LogP contribution < -0.4 is 16.0 Å². The molecule has 0 bridgehead atoms. The molecule has 11 nitrogen and oxygen atoms in total. The first-order valence-corrected chi connectivity index (χ1v) is 17.3. The van der Waals surface area contributed by atoms with Crippen molar-refractivity contribution in [3.8, 4) is 0 Å². The van der Waals surface area contributed by atoms with Crippen molar-refractivity contribution in [1.82, 2.24) is 25.1 Å². The van der Waals surface area contributed by atoms with Crippen molar-refractivity contribution in [3.05, 3.63) is 48.4 Å². The van der Waals surface area contributed by atoms with Crippen LogP contribution in [0.2, 0.25) is 0 Å². The van der Waals surface area contributed by atoms with E-state index in [-0.39, 0.29) is 17.7 Å². The van der Waals surface area contributed by atoms with Crippen LogP contribution in [0.15, 0.2) is 42.9 Å². The third-order valence-corrected chi connectivity index (χ3v) is 9.01. The number of alkyl carbamates (subject to hydrolysis) is 1. The Hall–Kier alpha value is -3.89. The van der Waals surface area contributed by atoms with Crippen LogP contribution in [-0.2, 0) is 25.7 Å². The Morgan fingerprint density at radius 3 is 2.30 bits per heavy atom. The standard InChI is InChI=1S/C36H54N6O5/c1-35(2,3)47-34(46)40-36(4,5)33(45)38-29(23-26-15-8-6-9-16-26)31(43)39-30-24-41(25-37-30)20-14-19-28(27-17-10-7-11-18-27)32(44)42-21-12-13-22-42/h7,10-11,17-18,24-26,28-29H,6,8-9,12-16,19-23H2,1-5H3,(H,38,45)(H,39,43)(H,40,46)/t28?,29-/m1/s1. The van der Waals surface area contributed by atoms with Gasteiger partial charge in [-0.05, 0) is 78.2 Å². The van der Waals surface area contributed by atoms with Crippen molar-refractivity contribution in [2.24, 2.45) is 5.92 Å². The topological polar surface area (TPSA) is 135 Å². The first-order valence-electron chi connectivity index (χ1n) is 17.3. The number of hydrogen-bond donors (Lipinski definition) is 3. The maximum absolute atomic E-state index is 13.6. The molecular formula is C36H54N6O5. The highest BCUT2D eigenvalue weighted by Crippen LogP contribution is 2.29. The van der Waals surface area contributed by atoms with E-state index in [1.54, 1.807) is 47.1 Å². The SMILES string of the molecule is CC(C)(C)OC(=O)NC(C)(C)C(=O)N[C@H](CC1CCCCC1)C(=O)Nc1cn(CCCC(C(=O)N2CCCC2)c2ccccc2)cn1. The molecule has 47 heavy (non-hydrogen) atoms. The number of nitrogens with one attached hydrogen (secondary N) is 3. The number of hydrogen-bond acceptors (Lipinski definition) is 6. The minimum atomic E-state index is -1.30. The number of aryl methyl sites for hydroxylation is 1. The van der Waals surface area contributed by atoms with Gasteiger partial charge in [-0.2, -0.15) is 0 Å². The van der Waals surface area contributed by atoms with E-state index >= 15 is 0 Å². The second-order valence-electron chi connectivity index (χ2n) is 14.6. The van der Waals surface area contributed by atoms with Gasteiger partial charge in [0, 0.05) is 25.8 Å². The molecule has 1 saturated carbocycles. The minimum Gasteiger partial charge on any atom is -0.444 e. The van der Waals surface area contributed by atoms with Gasteiger partial charge in [-0.25, -0.2) is 9.78 Å². The van der Waals surface area contributed by atoms with Crippen LogP contribution >= 0.6 is 0 Å². The van der Waals surface area contributed by atoms with Gasteiger partial charge in [-0.15, -0.1) is 0 Å². The second kappa shape index (κ2) is 16.3. The molecule has 1 aromatic carbocycles. The number of carbonyl (C=O) groups excluding carboxylic acids is 4. The molecule has 2 heterocycles. The highest BCUT2D eigenvalue weighted by Gasteiger charge is 2.35. The van der Waals surface area contributed by atoms with Crippen LogP contribution in [-0.4, -0.2) is 68.5 Å². The van der Waals surface area contributed by atoms with E-state index in [0.29, 0.717) is 31.1 Å². The predicted octanol–water partition coefficient (Wildman–Crippen LogP) is 5.77. The van der Waals surface area contributed by atoms with Crippen LogP contribution in [0.1, 0.15) is 110 Å². The smallest absolute Gasteiger partial charge is 0.408 e. The molecule has 2 fully saturated rings. The van der Waals surface area contributed by atoms with Gasteiger partial charge in [-0.1, -0.05) is 62.4 Å². The van der Waals surface area contributed by atoms with Gasteiger partial charge in [0.25, 0.3) is 0 Å². The molecule has 1 aliphatic carbocycles. The molecule has 11 heteroatoms. The van der Waals surface area contributed by atoms with Crippen LogP contribution in [0.3, 0.4) is 0 Å². The zero-order chi connectivity index (χ0) is 34.0. The molecule has 1 saturated heterocycles. The van der Waals surface area contributed by atoms with Gasteiger partial charge in [0.1, 0.15) is 17.2 Å². The number of amides is 4. The summed E-state index contributed by atoms with van der Waals surface area (Å²) in [5, 5.41) is 8.44. The zero-order valence-corrected chi connectivity index (χ0v) is 28.8. The summed E-state index contributed by atoms with van der Waals surface area (Å²) in [6, 6.07) is 9.19. The van der Waals surface area contributed by atoms with Gasteiger partial charge in [0.05, 0.1) is 12.2 Å². The molecule has 2 atom stereocenters. The van der Waals surface area contributed by atoms with E-state index in [2.05, 4.69) is 20.9 Å². The Morgan fingerprint density at radius 1 is 0.957 bits per heavy atom. The van der Waals surface area contributed by atoms with Crippen molar-refractivity contribution in [3.63, 3.8) is 0 Å². The highest BCUT2D eigenvalue weighted by molar-refractivity contribution is 5.98. The average Bonchev–Trinajstić information content (AvgIpc) is 3.71. The molecule has 3 N–H and O–H groups in total. The number of nitrogens with zero attached hydrogens (tertiary/aromatic N) is 3. The summed E-state index contributed by atoms with van der Waals surface area (Å²) >= 11 is 0. The van der Waals surface area contributed by atoms with Crippen LogP contribution in [0.4, 0.5) is 10.6 Å². The molecule has 2 aliphatic rings. The summed E-state index contributed by atoms with van der Waals surface area (Å²) in [5.74, 6) is -0.0844. The minimum absolute atomic E-state index is 0.185. The molecule has 4 rings (SSSR count). The number of imidazole rings is 1. The summed E-state index contributed by atoms with van der Waals surface area (Å²) in [7, 11) is 0. The third kappa shape index (κ3) is 11.1. The maximum Gasteiger partial charge on any atom is 0.408 e. The molecule has 258 valence electrons. The molecule has 1 aromatic heterocycles. The third-order valence-electron chi connectivity index (χ3n) is 9.01. The Kier molecular flexibility index (Phi) is 12.5. The van der Waals surface area contributed by atoms with E-state index in [0.717, 1.165) is 63.6 Å². The number of ether oxygens (including phenoxy) is 1. The summed E-state index contributed by atoms with van der Waals surface area (Å²) < 4.78 is 7.26. The molecule has 1 aliphatic heterocycles. The van der Waals surface area contributed by atoms with Gasteiger partial charge in [0.15, 0.2) is 5.82 Å². The van der Waals surface area contributed by atoms with E-state index in [1.165, 1.54) is 6.42 Å². The number of anilines is 1. The Bertz CT molecular complexity index is 1340. The number of carbonyl (C=O) groups is 4. The van der Waals surface area contributed by atoms with Crippen LogP contribution in [0, 0.1) is 5.92 Å². The lowest BCUT2D eigenvalue weighted by Gasteiger charge is -2.31. The van der Waals surface area contributed by atoms with Crippen molar-refractivity contribution in [2.45, 2.75) is 128 Å². The summed E-state index contributed by atoms with van der Waals surface area (Å²) in [4.78, 5) is 59.2. The first-order chi connectivity index (χ1) is 22.3. The number of rotatable bonds is 13. The fourth-order valence-corrected chi connectivity index (χ4v) is 6.46. The monoisotopic (exact) mass is 650 g/mol. The lowest BCUT2D eigenvalue weighted by molar-refractivity contribution is -0.132. The average molecular weight is 651 g/mol. The van der Waals surface area contributed by atoms with Crippen LogP contribution in [0.25, 0.3) is 0 Å². The van der Waals surface area contributed by atoms with Gasteiger partial charge >= 0.3 is 6.09 Å². The van der Waals surface area contributed by atoms with Crippen molar-refractivity contribution >= 4 is 29.6 Å². The summed E-state index contributed by atoms with van der Waals surface area (Å²) in [5.41, 5.74) is -0.973. The fraction of sp³-hybridized carbons (Fsp3) is 0.639. The lowest BCUT2D eigenvalue weighted by atomic mass is 9.84. The number of benzene rings is 1. The van der Waals surface area contributed by atoms with E-state index in [1.807, 2.05) is 39.8 Å². The lowest BCUT2D eigenvalue weighted by Crippen LogP contribution is -2.59. The predicted molar refractivity (Wildman–Crippen MR) is 182 cm³/mol. The number of aromatic nitrogens is 2. The largest absolute Gasteiger partial charge is 0.444 e. The zero-order valence-electron chi connectivity index (χ0n) is 28.8. The maximum atomic E-state index is 13.6. The summed E-state index contributed by atoms with van der Waals surface area (Å²) in [6.45, 7) is 10.7. The Labute approximate surface area is 279 Å². The molecule has 2 aromatic rings. The van der Waals surface area contributed by atoms with Crippen molar-refractivity contribution in [2.75, 3.05) is 18.4 Å².